The van der Waals surface area contributed by atoms with Gasteiger partial charge in [-0.25, -0.2) is 18.2 Å². The average molecular weight is 590 g/mol. The predicted octanol–water partition coefficient (Wildman–Crippen LogP) is 4.79. The van der Waals surface area contributed by atoms with Crippen molar-refractivity contribution in [1.29, 1.82) is 0 Å². The first-order valence-electron chi connectivity index (χ1n) is 13.5. The summed E-state index contributed by atoms with van der Waals surface area (Å²) in [6, 6.07) is 13.3. The maximum Gasteiger partial charge on any atom is 0.407 e. The van der Waals surface area contributed by atoms with E-state index < -0.39 is 34.4 Å². The highest BCUT2D eigenvalue weighted by atomic mass is 32.2. The average Bonchev–Trinajstić information content (AvgIpc) is 3.39. The molecule has 1 aromatic heterocycles. The zero-order valence-electron chi connectivity index (χ0n) is 23.4. The number of carbonyl (C=O) groups is 2. The molecular weight excluding hydrogens is 550 g/mol. The molecule has 2 aromatic carbocycles. The third kappa shape index (κ3) is 9.09. The van der Waals surface area contributed by atoms with E-state index in [9.17, 15) is 23.1 Å². The highest BCUT2D eigenvalue weighted by Crippen LogP contribution is 2.25. The van der Waals surface area contributed by atoms with Gasteiger partial charge in [-0.3, -0.25) is 0 Å². The third-order valence-corrected chi connectivity index (χ3v) is 9.44. The van der Waals surface area contributed by atoms with Crippen LogP contribution in [0.4, 0.5) is 4.79 Å². The summed E-state index contributed by atoms with van der Waals surface area (Å²) in [5.74, 6) is 0.0482. The number of nitrogens with zero attached hydrogens (tertiary/aromatic N) is 2. The largest absolute Gasteiger partial charge is 0.447 e. The van der Waals surface area contributed by atoms with E-state index in [0.29, 0.717) is 12.8 Å². The Bertz CT molecular complexity index is 1360. The summed E-state index contributed by atoms with van der Waals surface area (Å²) in [5.41, 5.74) is 3.26. The number of carbonyl (C=O) groups excluding carboxylic acids is 2. The van der Waals surface area contributed by atoms with Crippen molar-refractivity contribution in [3.63, 3.8) is 0 Å². The quantitative estimate of drug-likeness (QED) is 0.261. The number of hydrogen-bond donors (Lipinski definition) is 2. The van der Waals surface area contributed by atoms with Gasteiger partial charge in [0.25, 0.3) is 0 Å². The molecule has 4 unspecified atom stereocenters. The van der Waals surface area contributed by atoms with Gasteiger partial charge in [0.15, 0.2) is 0 Å². The molecule has 3 aromatic rings. The number of amides is 1. The minimum atomic E-state index is -3.96. The summed E-state index contributed by atoms with van der Waals surface area (Å²) in [4.78, 5) is 28.4. The number of aromatic nitrogens is 1. The van der Waals surface area contributed by atoms with Crippen molar-refractivity contribution in [1.82, 2.24) is 14.6 Å². The normalized spacial score (nSPS) is 14.9. The Hall–Kier alpha value is -2.86. The number of thiazole rings is 1. The number of aliphatic hydroxyl groups is 1. The Kier molecular flexibility index (Phi) is 11.6. The molecule has 0 bridgehead atoms. The number of alkyl carbamates (subject to hydrolysis) is 1. The molecule has 0 aliphatic carbocycles. The zero-order valence-corrected chi connectivity index (χ0v) is 25.1. The van der Waals surface area contributed by atoms with Crippen molar-refractivity contribution in [2.45, 2.75) is 76.5 Å². The molecule has 4 atom stereocenters. The number of hydrogen-bond acceptors (Lipinski definition) is 8. The van der Waals surface area contributed by atoms with Crippen LogP contribution in [0.1, 0.15) is 52.5 Å². The number of ketones is 1. The molecule has 9 nitrogen and oxygen atoms in total. The van der Waals surface area contributed by atoms with Gasteiger partial charge in [-0.15, -0.1) is 11.3 Å². The molecule has 0 spiro atoms. The molecule has 218 valence electrons. The minimum Gasteiger partial charge on any atom is -0.447 e. The molecule has 0 aliphatic heterocycles. The highest BCUT2D eigenvalue weighted by molar-refractivity contribution is 7.89. The summed E-state index contributed by atoms with van der Waals surface area (Å²) in [5, 5.41) is 14.1. The Morgan fingerprint density at radius 1 is 1.12 bits per heavy atom. The minimum absolute atomic E-state index is 0.00494. The topological polar surface area (TPSA) is 126 Å². The lowest BCUT2D eigenvalue weighted by molar-refractivity contribution is -0.117. The fraction of sp³-hybridized carbons (Fsp3) is 0.483. The standard InChI is InChI=1S/C29H39N3O6S2/c1-5-20(2)17-32(40(36,37)24-13-14-25-28(16-24)39-19-30-25)18-27(34)26(15-23-9-7-6-8-10-23)31-29(35)38-22(4)12-11-21(3)33/h6-10,13-14,16,19-20,22,26-27,34H,5,11-12,15,17-18H2,1-4H3,(H,31,35). The number of Topliss-reactive ketones (excluding diaryl/α,β-unsaturated/α-hetero) is 1. The van der Waals surface area contributed by atoms with Crippen LogP contribution >= 0.6 is 11.3 Å². The van der Waals surface area contributed by atoms with Crippen LogP contribution in [0.5, 0.6) is 0 Å². The molecule has 3 rings (SSSR count). The lowest BCUT2D eigenvalue weighted by atomic mass is 10.0. The Morgan fingerprint density at radius 3 is 2.52 bits per heavy atom. The van der Waals surface area contributed by atoms with E-state index in [4.69, 9.17) is 4.74 Å². The van der Waals surface area contributed by atoms with E-state index in [1.807, 2.05) is 44.2 Å². The Morgan fingerprint density at radius 2 is 1.85 bits per heavy atom. The maximum atomic E-state index is 13.8. The fourth-order valence-electron chi connectivity index (χ4n) is 4.21. The van der Waals surface area contributed by atoms with E-state index in [1.165, 1.54) is 28.6 Å². The van der Waals surface area contributed by atoms with Gasteiger partial charge in [0.2, 0.25) is 10.0 Å². The second-order valence-electron chi connectivity index (χ2n) is 10.3. The van der Waals surface area contributed by atoms with Gasteiger partial charge in [-0.2, -0.15) is 4.31 Å². The molecule has 0 radical (unpaired) electrons. The van der Waals surface area contributed by atoms with Crippen LogP contribution in [0.2, 0.25) is 0 Å². The van der Waals surface area contributed by atoms with Crippen molar-refractivity contribution in [2.75, 3.05) is 13.1 Å². The number of fused-ring (bicyclic) bond motifs is 1. The number of nitrogens with one attached hydrogen (secondary N) is 1. The van der Waals surface area contributed by atoms with Crippen LogP contribution in [-0.4, -0.2) is 66.0 Å². The first kappa shape index (κ1) is 31.7. The van der Waals surface area contributed by atoms with Crippen molar-refractivity contribution in [2.24, 2.45) is 5.92 Å². The van der Waals surface area contributed by atoms with Crippen LogP contribution in [0, 0.1) is 5.92 Å². The molecule has 0 aliphatic rings. The SMILES string of the molecule is CCC(C)CN(CC(O)C(Cc1ccccc1)NC(=O)OC(C)CCC(C)=O)S(=O)(=O)c1ccc2ncsc2c1. The number of ether oxygens (including phenoxy) is 1. The zero-order chi connectivity index (χ0) is 29.3. The summed E-state index contributed by atoms with van der Waals surface area (Å²) in [7, 11) is -3.96. The van der Waals surface area contributed by atoms with Crippen LogP contribution in [0.25, 0.3) is 10.2 Å². The van der Waals surface area contributed by atoms with Crippen LogP contribution in [0.3, 0.4) is 0 Å². The molecular formula is C29H39N3O6S2. The van der Waals surface area contributed by atoms with Gasteiger partial charge >= 0.3 is 6.09 Å². The summed E-state index contributed by atoms with van der Waals surface area (Å²) < 4.78 is 35.1. The van der Waals surface area contributed by atoms with Gasteiger partial charge in [-0.05, 0) is 56.4 Å². The number of sulfonamides is 1. The Balaban J connectivity index is 1.84. The molecule has 11 heteroatoms. The summed E-state index contributed by atoms with van der Waals surface area (Å²) in [6.07, 6.45) is -0.758. The van der Waals surface area contributed by atoms with Gasteiger partial charge in [0.05, 0.1) is 32.8 Å². The summed E-state index contributed by atoms with van der Waals surface area (Å²) >= 11 is 1.36. The molecule has 2 N–H and O–H groups in total. The van der Waals surface area contributed by atoms with E-state index >= 15 is 0 Å². The monoisotopic (exact) mass is 589 g/mol. The lowest BCUT2D eigenvalue weighted by Gasteiger charge is -2.31. The van der Waals surface area contributed by atoms with Crippen LogP contribution in [-0.2, 0) is 26.0 Å². The van der Waals surface area contributed by atoms with Gasteiger partial charge in [-0.1, -0.05) is 50.6 Å². The summed E-state index contributed by atoms with van der Waals surface area (Å²) in [6.45, 7) is 7.12. The molecule has 1 amide bonds. The first-order valence-corrected chi connectivity index (χ1v) is 15.8. The van der Waals surface area contributed by atoms with Gasteiger partial charge in [0, 0.05) is 19.5 Å². The van der Waals surface area contributed by atoms with Gasteiger partial charge < -0.3 is 20.0 Å². The second-order valence-corrected chi connectivity index (χ2v) is 13.1. The van der Waals surface area contributed by atoms with Crippen molar-refractivity contribution >= 4 is 43.5 Å². The van der Waals surface area contributed by atoms with Crippen LogP contribution < -0.4 is 5.32 Å². The van der Waals surface area contributed by atoms with Crippen molar-refractivity contribution in [3.8, 4) is 0 Å². The third-order valence-electron chi connectivity index (χ3n) is 6.82. The lowest BCUT2D eigenvalue weighted by Crippen LogP contribution is -2.51. The van der Waals surface area contributed by atoms with E-state index in [2.05, 4.69) is 10.3 Å². The predicted molar refractivity (Wildman–Crippen MR) is 157 cm³/mol. The van der Waals surface area contributed by atoms with Gasteiger partial charge in [0.1, 0.15) is 11.9 Å². The van der Waals surface area contributed by atoms with E-state index in [1.54, 1.807) is 24.6 Å². The number of rotatable bonds is 15. The number of benzene rings is 2. The highest BCUT2D eigenvalue weighted by Gasteiger charge is 2.32. The Labute approximate surface area is 240 Å². The van der Waals surface area contributed by atoms with E-state index in [-0.39, 0.29) is 36.1 Å². The van der Waals surface area contributed by atoms with Crippen LogP contribution in [0.15, 0.2) is 58.9 Å². The van der Waals surface area contributed by atoms with Crippen molar-refractivity contribution in [3.05, 3.63) is 59.6 Å². The molecule has 40 heavy (non-hydrogen) atoms. The first-order chi connectivity index (χ1) is 19.0. The van der Waals surface area contributed by atoms with Crippen molar-refractivity contribution < 1.29 is 27.9 Å². The fourth-order valence-corrected chi connectivity index (χ4v) is 6.61. The molecule has 1 heterocycles. The van der Waals surface area contributed by atoms with E-state index in [0.717, 1.165) is 22.2 Å². The molecule has 0 fully saturated rings. The maximum absolute atomic E-state index is 13.8. The number of aliphatic hydroxyl groups excluding tert-OH is 1. The molecule has 0 saturated heterocycles. The molecule has 0 saturated carbocycles. The smallest absolute Gasteiger partial charge is 0.407 e. The second kappa shape index (κ2) is 14.7.